The fourth-order valence-electron chi connectivity index (χ4n) is 0.936. The van der Waals surface area contributed by atoms with Crippen LogP contribution in [0.3, 0.4) is 0 Å². The van der Waals surface area contributed by atoms with Crippen molar-refractivity contribution in [1.82, 2.24) is 5.32 Å². The number of nitrogens with one attached hydrogen (secondary N) is 1. The molecule has 1 amide bonds. The molecule has 0 aromatic rings. The molecule has 0 fully saturated rings. The average Bonchev–Trinajstić information content (AvgIpc) is 2.23. The Kier molecular flexibility index (Phi) is 10.3. The molecule has 0 aromatic carbocycles. The van der Waals surface area contributed by atoms with E-state index in [4.69, 9.17) is 25.5 Å². The molecule has 9 nitrogen and oxygen atoms in total. The van der Waals surface area contributed by atoms with Gasteiger partial charge in [-0.3, -0.25) is 5.32 Å². The third-order valence-electron chi connectivity index (χ3n) is 1.88. The molecule has 8 N–H and O–H groups in total. The van der Waals surface area contributed by atoms with Gasteiger partial charge in [0.15, 0.2) is 6.23 Å². The Hall–Kier alpha value is 0.0300. The van der Waals surface area contributed by atoms with Crippen LogP contribution in [0.2, 0.25) is 0 Å². The molecule has 0 bridgehead atoms. The molecule has 1 unspecified atom stereocenters. The maximum atomic E-state index is 10.1. The number of aliphatic hydroxyl groups is 6. The quantitative estimate of drug-likeness (QED) is 0.175. The van der Waals surface area contributed by atoms with Gasteiger partial charge in [0, 0.05) is 0 Å². The number of hydrogen-bond donors (Lipinski definition) is 8. The van der Waals surface area contributed by atoms with Gasteiger partial charge in [0.25, 0.3) is 0 Å². The summed E-state index contributed by atoms with van der Waals surface area (Å²) in [6, 6.07) is 0. The summed E-state index contributed by atoms with van der Waals surface area (Å²) >= 11 is 0. The van der Waals surface area contributed by atoms with Gasteiger partial charge >= 0.3 is 35.7 Å². The van der Waals surface area contributed by atoms with Crippen LogP contribution in [-0.2, 0) is 0 Å². The van der Waals surface area contributed by atoms with Crippen molar-refractivity contribution in [2.45, 2.75) is 30.6 Å². The normalized spacial score (nSPS) is 19.4. The molecular formula is C7H16NNaO8. The molecule has 98 valence electrons. The average molecular weight is 265 g/mol. The Bertz CT molecular complexity index is 230. The third kappa shape index (κ3) is 6.50. The fourth-order valence-corrected chi connectivity index (χ4v) is 0.936. The van der Waals surface area contributed by atoms with E-state index in [1.165, 1.54) is 5.32 Å². The van der Waals surface area contributed by atoms with Crippen LogP contribution in [0.4, 0.5) is 4.79 Å². The van der Waals surface area contributed by atoms with E-state index in [1.807, 2.05) is 0 Å². The van der Waals surface area contributed by atoms with Crippen LogP contribution >= 0.6 is 0 Å². The van der Waals surface area contributed by atoms with Gasteiger partial charge in [0.1, 0.15) is 24.4 Å². The Balaban J connectivity index is 0. The number of hydrogen-bond acceptors (Lipinski definition) is 7. The molecule has 0 aliphatic rings. The second kappa shape index (κ2) is 9.03. The second-order valence-corrected chi connectivity index (χ2v) is 3.12. The van der Waals surface area contributed by atoms with Gasteiger partial charge in [-0.25, -0.2) is 4.79 Å². The molecule has 0 saturated carbocycles. The van der Waals surface area contributed by atoms with Crippen molar-refractivity contribution in [2.75, 3.05) is 6.61 Å². The molecule has 5 atom stereocenters. The number of rotatable bonds is 6. The van der Waals surface area contributed by atoms with E-state index in [0.717, 1.165) is 0 Å². The number of amides is 1. The summed E-state index contributed by atoms with van der Waals surface area (Å²) in [7, 11) is 0. The topological polar surface area (TPSA) is 171 Å². The van der Waals surface area contributed by atoms with Crippen molar-refractivity contribution in [2.24, 2.45) is 0 Å². The van der Waals surface area contributed by atoms with E-state index in [9.17, 15) is 15.0 Å². The van der Waals surface area contributed by atoms with Crippen LogP contribution in [-0.4, -0.2) is 109 Å². The van der Waals surface area contributed by atoms with Crippen LogP contribution < -0.4 is 5.32 Å². The molecule has 0 rings (SSSR count). The van der Waals surface area contributed by atoms with E-state index in [1.54, 1.807) is 0 Å². The van der Waals surface area contributed by atoms with Gasteiger partial charge < -0.3 is 35.7 Å². The van der Waals surface area contributed by atoms with E-state index >= 15 is 0 Å². The number of aliphatic hydroxyl groups excluding tert-OH is 6. The van der Waals surface area contributed by atoms with Crippen molar-refractivity contribution in [3.63, 3.8) is 0 Å². The second-order valence-electron chi connectivity index (χ2n) is 3.12. The van der Waals surface area contributed by atoms with Gasteiger partial charge in [-0.1, -0.05) is 0 Å². The summed E-state index contributed by atoms with van der Waals surface area (Å²) in [6.45, 7) is -0.868. The number of carbonyl (C=O) groups is 1. The predicted octanol–water partition coefficient (Wildman–Crippen LogP) is -4.64. The SMILES string of the molecule is O=C(O)NC(O)[C@@H](O)[C@@H](O)[C@H](O)[C@H](O)CO.[NaH]. The van der Waals surface area contributed by atoms with Crippen molar-refractivity contribution >= 4 is 35.7 Å². The van der Waals surface area contributed by atoms with Crippen molar-refractivity contribution < 1.29 is 40.5 Å². The van der Waals surface area contributed by atoms with Gasteiger partial charge in [0.05, 0.1) is 6.61 Å². The Morgan fingerprint density at radius 3 is 1.82 bits per heavy atom. The van der Waals surface area contributed by atoms with Crippen molar-refractivity contribution in [3.05, 3.63) is 0 Å². The minimum atomic E-state index is -2.05. The van der Waals surface area contributed by atoms with Crippen LogP contribution in [0.5, 0.6) is 0 Å². The zero-order valence-corrected chi connectivity index (χ0v) is 8.13. The summed E-state index contributed by atoms with van der Waals surface area (Å²) in [6.07, 6.45) is -11.4. The molecule has 17 heavy (non-hydrogen) atoms. The van der Waals surface area contributed by atoms with Crippen LogP contribution in [0.15, 0.2) is 0 Å². The first-order chi connectivity index (χ1) is 7.31. The molecule has 0 aliphatic heterocycles. The molecule has 0 heterocycles. The first kappa shape index (κ1) is 19.4. The molecule has 0 radical (unpaired) electrons. The Labute approximate surface area is 119 Å². The predicted molar refractivity (Wildman–Crippen MR) is 55.4 cm³/mol. The van der Waals surface area contributed by atoms with Crippen LogP contribution in [0, 0.1) is 0 Å². The third-order valence-corrected chi connectivity index (χ3v) is 1.88. The van der Waals surface area contributed by atoms with Gasteiger partial charge in [-0.15, -0.1) is 0 Å². The summed E-state index contributed by atoms with van der Waals surface area (Å²) < 4.78 is 0. The van der Waals surface area contributed by atoms with Crippen LogP contribution in [0.1, 0.15) is 0 Å². The van der Waals surface area contributed by atoms with Crippen molar-refractivity contribution in [1.29, 1.82) is 0 Å². The summed E-state index contributed by atoms with van der Waals surface area (Å²) in [5, 5.41) is 63.5. The van der Waals surface area contributed by atoms with Gasteiger partial charge in [-0.05, 0) is 0 Å². The Morgan fingerprint density at radius 1 is 1.00 bits per heavy atom. The zero-order chi connectivity index (χ0) is 12.9. The monoisotopic (exact) mass is 265 g/mol. The standard InChI is InChI=1S/C7H15NO8.Na.H/c9-1-2(10)3(11)4(12)5(13)6(14)8-7(15)16;;/h2-6,8-14H,1H2,(H,15,16);;/t2-,3-,4+,5+,6?;;/m1../s1. The van der Waals surface area contributed by atoms with E-state index in [-0.39, 0.29) is 29.6 Å². The maximum absolute atomic E-state index is 10.1. The zero-order valence-electron chi connectivity index (χ0n) is 8.13. The molecule has 0 aliphatic carbocycles. The molecule has 0 spiro atoms. The fraction of sp³-hybridized carbons (Fsp3) is 0.857. The molecule has 0 saturated heterocycles. The van der Waals surface area contributed by atoms with E-state index in [0.29, 0.717) is 0 Å². The molecular weight excluding hydrogens is 249 g/mol. The van der Waals surface area contributed by atoms with Crippen molar-refractivity contribution in [3.8, 4) is 0 Å². The molecule has 10 heteroatoms. The van der Waals surface area contributed by atoms with Crippen LogP contribution in [0.25, 0.3) is 0 Å². The first-order valence-electron chi connectivity index (χ1n) is 4.32. The molecule has 0 aromatic heterocycles. The summed E-state index contributed by atoms with van der Waals surface area (Å²) in [5.41, 5.74) is 0. The van der Waals surface area contributed by atoms with E-state index < -0.39 is 43.3 Å². The summed E-state index contributed by atoms with van der Waals surface area (Å²) in [5.74, 6) is 0. The van der Waals surface area contributed by atoms with E-state index in [2.05, 4.69) is 0 Å². The summed E-state index contributed by atoms with van der Waals surface area (Å²) in [4.78, 5) is 10.1. The number of carboxylic acid groups (broad SMARTS) is 1. The minimum absolute atomic E-state index is 0. The first-order valence-corrected chi connectivity index (χ1v) is 4.32. The van der Waals surface area contributed by atoms with Gasteiger partial charge in [-0.2, -0.15) is 0 Å². The van der Waals surface area contributed by atoms with Gasteiger partial charge in [0.2, 0.25) is 0 Å². The Morgan fingerprint density at radius 2 is 1.47 bits per heavy atom.